The van der Waals surface area contributed by atoms with E-state index in [2.05, 4.69) is 9.90 Å². The number of nitrogens with one attached hydrogen (secondary N) is 1. The number of aliphatic carboxylic acids is 1. The summed E-state index contributed by atoms with van der Waals surface area (Å²) in [5.41, 5.74) is 0. The highest BCUT2D eigenvalue weighted by Gasteiger charge is 2.36. The van der Waals surface area contributed by atoms with Crippen LogP contribution >= 0.6 is 11.9 Å². The minimum absolute atomic E-state index is 0.284. The standard InChI is InChI=1S/C6H10N2O4S/c1-6(2,13-8-12)4(5(10)11)7-3-9/h3-4H,1-2H3,(H,7,9)(H,10,11)/t4-/m1/s1. The van der Waals surface area contributed by atoms with E-state index in [1.807, 2.05) is 0 Å². The summed E-state index contributed by atoms with van der Waals surface area (Å²) < 4.78 is 1.58. The molecule has 0 aromatic rings. The van der Waals surface area contributed by atoms with Crippen LogP contribution in [0.5, 0.6) is 0 Å². The van der Waals surface area contributed by atoms with Crippen LogP contribution in [0.15, 0.2) is 4.58 Å². The summed E-state index contributed by atoms with van der Waals surface area (Å²) in [7, 11) is 0. The van der Waals surface area contributed by atoms with Crippen LogP contribution in [0.3, 0.4) is 0 Å². The minimum atomic E-state index is -1.20. The molecule has 0 fully saturated rings. The predicted octanol–water partition coefficient (Wildman–Crippen LogP) is 0.379. The van der Waals surface area contributed by atoms with Crippen molar-refractivity contribution >= 4 is 24.3 Å². The molecule has 74 valence electrons. The van der Waals surface area contributed by atoms with Crippen molar-refractivity contribution in [1.82, 2.24) is 5.32 Å². The summed E-state index contributed by atoms with van der Waals surface area (Å²) in [4.78, 5) is 30.7. The average Bonchev–Trinajstić information content (AvgIpc) is 1.99. The zero-order chi connectivity index (χ0) is 10.5. The van der Waals surface area contributed by atoms with E-state index in [1.54, 1.807) is 0 Å². The summed E-state index contributed by atoms with van der Waals surface area (Å²) in [6, 6.07) is -1.13. The molecule has 0 aliphatic heterocycles. The normalized spacial score (nSPS) is 13.1. The van der Waals surface area contributed by atoms with E-state index < -0.39 is 16.8 Å². The van der Waals surface area contributed by atoms with Crippen molar-refractivity contribution in [2.24, 2.45) is 4.58 Å². The van der Waals surface area contributed by atoms with Crippen molar-refractivity contribution in [3.8, 4) is 0 Å². The zero-order valence-electron chi connectivity index (χ0n) is 7.18. The number of hydrogen-bond donors (Lipinski definition) is 2. The minimum Gasteiger partial charge on any atom is -0.480 e. The number of carbonyl (C=O) groups excluding carboxylic acids is 1. The van der Waals surface area contributed by atoms with Crippen LogP contribution in [-0.4, -0.2) is 28.3 Å². The lowest BCUT2D eigenvalue weighted by atomic mass is 10.0. The number of nitroso groups, excluding NO2 is 1. The van der Waals surface area contributed by atoms with Crippen LogP contribution in [-0.2, 0) is 9.59 Å². The molecule has 0 radical (unpaired) electrons. The van der Waals surface area contributed by atoms with E-state index in [0.717, 1.165) is 0 Å². The molecular weight excluding hydrogens is 196 g/mol. The Bertz CT molecular complexity index is 219. The third-order valence-electron chi connectivity index (χ3n) is 1.45. The highest BCUT2D eigenvalue weighted by molar-refractivity contribution is 7.99. The van der Waals surface area contributed by atoms with Gasteiger partial charge in [0.25, 0.3) is 0 Å². The lowest BCUT2D eigenvalue weighted by molar-refractivity contribution is -0.141. The van der Waals surface area contributed by atoms with Gasteiger partial charge in [0, 0.05) is 16.5 Å². The molecule has 2 N–H and O–H groups in total. The molecule has 0 aromatic heterocycles. The second-order valence-electron chi connectivity index (χ2n) is 2.83. The first-order valence-electron chi connectivity index (χ1n) is 3.39. The first kappa shape index (κ1) is 11.9. The van der Waals surface area contributed by atoms with Gasteiger partial charge in [0.1, 0.15) is 6.04 Å². The smallest absolute Gasteiger partial charge is 0.327 e. The molecule has 0 saturated heterocycles. The van der Waals surface area contributed by atoms with Gasteiger partial charge in [0.2, 0.25) is 6.41 Å². The van der Waals surface area contributed by atoms with Gasteiger partial charge in [-0.2, -0.15) is 0 Å². The molecule has 0 bridgehead atoms. The molecule has 0 aliphatic carbocycles. The molecular formula is C6H10N2O4S. The molecule has 0 aromatic carbocycles. The van der Waals surface area contributed by atoms with Gasteiger partial charge in [-0.25, -0.2) is 4.79 Å². The van der Waals surface area contributed by atoms with Crippen molar-refractivity contribution < 1.29 is 14.7 Å². The Hall–Kier alpha value is -1.11. The summed E-state index contributed by atoms with van der Waals surface area (Å²) in [6.45, 7) is 3.02. The van der Waals surface area contributed by atoms with Gasteiger partial charge in [-0.3, -0.25) is 4.79 Å². The Balaban J connectivity index is 4.59. The lowest BCUT2D eigenvalue weighted by Crippen LogP contribution is -2.49. The van der Waals surface area contributed by atoms with Gasteiger partial charge in [-0.15, -0.1) is 4.91 Å². The summed E-state index contributed by atoms with van der Waals surface area (Å²) >= 11 is 0.577. The average molecular weight is 206 g/mol. The van der Waals surface area contributed by atoms with Gasteiger partial charge in [-0.1, -0.05) is 0 Å². The van der Waals surface area contributed by atoms with E-state index in [4.69, 9.17) is 5.11 Å². The number of carbonyl (C=O) groups is 2. The number of carboxylic acid groups (broad SMARTS) is 1. The molecule has 1 atom stereocenters. The Morgan fingerprint density at radius 1 is 1.69 bits per heavy atom. The molecule has 6 nitrogen and oxygen atoms in total. The maximum absolute atomic E-state index is 10.6. The van der Waals surface area contributed by atoms with Crippen molar-refractivity contribution in [2.45, 2.75) is 24.6 Å². The van der Waals surface area contributed by atoms with Gasteiger partial charge >= 0.3 is 5.97 Å². The van der Waals surface area contributed by atoms with Crippen LogP contribution in [0.4, 0.5) is 0 Å². The van der Waals surface area contributed by atoms with Crippen molar-refractivity contribution in [1.29, 1.82) is 0 Å². The predicted molar refractivity (Wildman–Crippen MR) is 48.1 cm³/mol. The van der Waals surface area contributed by atoms with E-state index in [9.17, 15) is 14.5 Å². The fraction of sp³-hybridized carbons (Fsp3) is 0.667. The van der Waals surface area contributed by atoms with Crippen LogP contribution in [0.25, 0.3) is 0 Å². The third kappa shape index (κ3) is 3.41. The number of nitrogens with zero attached hydrogens (tertiary/aromatic N) is 1. The Morgan fingerprint density at radius 2 is 2.23 bits per heavy atom. The van der Waals surface area contributed by atoms with Gasteiger partial charge in [0.15, 0.2) is 0 Å². The molecule has 0 heterocycles. The first-order chi connectivity index (χ1) is 5.95. The highest BCUT2D eigenvalue weighted by Crippen LogP contribution is 2.28. The highest BCUT2D eigenvalue weighted by atomic mass is 32.2. The van der Waals surface area contributed by atoms with E-state index in [0.29, 0.717) is 11.9 Å². The Labute approximate surface area is 79.2 Å². The van der Waals surface area contributed by atoms with Crippen LogP contribution in [0.2, 0.25) is 0 Å². The molecule has 7 heteroatoms. The van der Waals surface area contributed by atoms with Gasteiger partial charge < -0.3 is 10.4 Å². The topological polar surface area (TPSA) is 95.8 Å². The number of amides is 1. The summed E-state index contributed by atoms with van der Waals surface area (Å²) in [6.07, 6.45) is 0.284. The molecule has 0 rings (SSSR count). The third-order valence-corrected chi connectivity index (χ3v) is 2.23. The fourth-order valence-electron chi connectivity index (χ4n) is 0.786. The summed E-state index contributed by atoms with van der Waals surface area (Å²) in [5.74, 6) is -1.20. The largest absolute Gasteiger partial charge is 0.480 e. The van der Waals surface area contributed by atoms with Crippen molar-refractivity contribution in [2.75, 3.05) is 0 Å². The number of carboxylic acids is 1. The maximum Gasteiger partial charge on any atom is 0.327 e. The maximum atomic E-state index is 10.6. The Morgan fingerprint density at radius 3 is 2.54 bits per heavy atom. The zero-order valence-corrected chi connectivity index (χ0v) is 8.00. The van der Waals surface area contributed by atoms with E-state index in [1.165, 1.54) is 13.8 Å². The molecule has 0 saturated carbocycles. The molecule has 0 unspecified atom stereocenters. The SMILES string of the molecule is CC(C)(SN=O)[C@H](NC=O)C(=O)O. The van der Waals surface area contributed by atoms with Gasteiger partial charge in [-0.05, 0) is 13.8 Å². The molecule has 13 heavy (non-hydrogen) atoms. The van der Waals surface area contributed by atoms with E-state index in [-0.39, 0.29) is 6.41 Å². The van der Waals surface area contributed by atoms with E-state index >= 15 is 0 Å². The van der Waals surface area contributed by atoms with Crippen LogP contribution < -0.4 is 5.32 Å². The van der Waals surface area contributed by atoms with Crippen molar-refractivity contribution in [3.05, 3.63) is 4.91 Å². The van der Waals surface area contributed by atoms with Gasteiger partial charge in [0.05, 0.1) is 4.75 Å². The van der Waals surface area contributed by atoms with Crippen molar-refractivity contribution in [3.63, 3.8) is 0 Å². The van der Waals surface area contributed by atoms with Crippen LogP contribution in [0.1, 0.15) is 13.8 Å². The first-order valence-corrected chi connectivity index (χ1v) is 4.16. The molecule has 0 aliphatic rings. The quantitative estimate of drug-likeness (QED) is 0.372. The second-order valence-corrected chi connectivity index (χ2v) is 4.21. The Kier molecular flexibility index (Phi) is 4.39. The fourth-order valence-corrected chi connectivity index (χ4v) is 1.25. The molecule has 1 amide bonds. The summed E-state index contributed by atoms with van der Waals surface area (Å²) in [5, 5.41) is 10.8. The monoisotopic (exact) mass is 206 g/mol. The number of hydrogen-bond acceptors (Lipinski definition) is 5. The van der Waals surface area contributed by atoms with Crippen LogP contribution in [0, 0.1) is 4.91 Å². The number of rotatable bonds is 6. The lowest BCUT2D eigenvalue weighted by Gasteiger charge is -2.26. The molecule has 0 spiro atoms. The second kappa shape index (κ2) is 4.80.